The van der Waals surface area contributed by atoms with Crippen LogP contribution in [0, 0.1) is 11.8 Å². The van der Waals surface area contributed by atoms with E-state index in [9.17, 15) is 13.2 Å². The van der Waals surface area contributed by atoms with Crippen LogP contribution in [0.3, 0.4) is 0 Å². The summed E-state index contributed by atoms with van der Waals surface area (Å²) in [6.07, 6.45) is 2.76. The molecule has 2 aromatic carbocycles. The lowest BCUT2D eigenvalue weighted by atomic mass is 9.86. The Morgan fingerprint density at radius 3 is 2.33 bits per heavy atom. The van der Waals surface area contributed by atoms with Gasteiger partial charge in [0.2, 0.25) is 0 Å². The van der Waals surface area contributed by atoms with Crippen molar-refractivity contribution in [1.82, 2.24) is 0 Å². The molecule has 0 spiro atoms. The minimum atomic E-state index is -4.28. The quantitative estimate of drug-likeness (QED) is 0.432. The molecular weight excluding hydrogens is 369 g/mol. The summed E-state index contributed by atoms with van der Waals surface area (Å²) >= 11 is 6.56. The van der Waals surface area contributed by atoms with Crippen molar-refractivity contribution in [2.24, 2.45) is 11.8 Å². The number of aryl methyl sites for hydroxylation is 2. The number of hydrogen-bond donors (Lipinski definition) is 0. The zero-order valence-corrected chi connectivity index (χ0v) is 16.1. The molecule has 1 aliphatic rings. The predicted octanol–water partition coefficient (Wildman–Crippen LogP) is 7.29. The van der Waals surface area contributed by atoms with Crippen molar-refractivity contribution in [2.45, 2.75) is 56.5 Å². The summed E-state index contributed by atoms with van der Waals surface area (Å²) < 4.78 is 38.7. The molecule has 0 amide bonds. The van der Waals surface area contributed by atoms with Crippen molar-refractivity contribution >= 4 is 11.6 Å². The minimum absolute atomic E-state index is 0.150. The average Bonchev–Trinajstić information content (AvgIpc) is 3.00. The monoisotopic (exact) mass is 394 g/mol. The molecule has 0 saturated heterocycles. The zero-order chi connectivity index (χ0) is 19.3. The van der Waals surface area contributed by atoms with Gasteiger partial charge in [0.15, 0.2) is 0 Å². The van der Waals surface area contributed by atoms with E-state index in [1.807, 2.05) is 6.07 Å². The second kappa shape index (κ2) is 9.14. The van der Waals surface area contributed by atoms with E-state index in [1.54, 1.807) is 6.07 Å². The Morgan fingerprint density at radius 2 is 1.59 bits per heavy atom. The van der Waals surface area contributed by atoms with Crippen molar-refractivity contribution in [3.05, 3.63) is 71.3 Å². The van der Waals surface area contributed by atoms with Gasteiger partial charge in [0, 0.05) is 5.38 Å². The number of benzene rings is 2. The highest BCUT2D eigenvalue weighted by Gasteiger charge is 2.34. The molecule has 0 N–H and O–H groups in total. The fraction of sp³-hybridized carbons (Fsp3) is 0.478. The first-order valence-electron chi connectivity index (χ1n) is 9.77. The van der Waals surface area contributed by atoms with Crippen molar-refractivity contribution in [3.63, 3.8) is 0 Å². The maximum absolute atomic E-state index is 12.9. The second-order valence-electron chi connectivity index (χ2n) is 7.63. The van der Waals surface area contributed by atoms with Gasteiger partial charge in [0.05, 0.1) is 5.56 Å². The molecule has 2 aromatic rings. The van der Waals surface area contributed by atoms with Gasteiger partial charge in [-0.15, -0.1) is 11.6 Å². The van der Waals surface area contributed by atoms with Gasteiger partial charge in [0.1, 0.15) is 0 Å². The second-order valence-corrected chi connectivity index (χ2v) is 8.19. The van der Waals surface area contributed by atoms with Crippen molar-refractivity contribution in [1.29, 1.82) is 0 Å². The van der Waals surface area contributed by atoms with Crippen LogP contribution in [0.25, 0.3) is 0 Å². The maximum atomic E-state index is 12.9. The van der Waals surface area contributed by atoms with Gasteiger partial charge >= 0.3 is 6.18 Å². The topological polar surface area (TPSA) is 0 Å². The molecule has 1 unspecified atom stereocenters. The lowest BCUT2D eigenvalue weighted by molar-refractivity contribution is -0.137. The first-order valence-corrected chi connectivity index (χ1v) is 10.2. The molecule has 0 heterocycles. The number of rotatable bonds is 7. The van der Waals surface area contributed by atoms with Gasteiger partial charge < -0.3 is 0 Å². The van der Waals surface area contributed by atoms with E-state index < -0.39 is 11.7 Å². The van der Waals surface area contributed by atoms with E-state index in [0.29, 0.717) is 18.3 Å². The summed E-state index contributed by atoms with van der Waals surface area (Å²) in [6, 6.07) is 16.2. The van der Waals surface area contributed by atoms with Crippen LogP contribution >= 0.6 is 11.6 Å². The minimum Gasteiger partial charge on any atom is -0.166 e. The van der Waals surface area contributed by atoms with E-state index in [-0.39, 0.29) is 5.38 Å². The standard InChI is InChI=1S/C23H26ClF3/c24-22-15-13-19(10-4-8-17-6-2-1-3-7-17)21(22)14-12-18-9-5-11-20(16-18)23(25,26)27/h1-3,5-7,9,11,16,19,21-22H,4,8,10,12-15H2/t19-,21+,22?/m0/s1. The van der Waals surface area contributed by atoms with E-state index in [0.717, 1.165) is 50.2 Å². The van der Waals surface area contributed by atoms with E-state index in [1.165, 1.54) is 17.7 Å². The van der Waals surface area contributed by atoms with Gasteiger partial charge in [-0.05, 0) is 74.0 Å². The molecule has 27 heavy (non-hydrogen) atoms. The van der Waals surface area contributed by atoms with E-state index in [4.69, 9.17) is 11.6 Å². The molecule has 1 aliphatic carbocycles. The highest BCUT2D eigenvalue weighted by molar-refractivity contribution is 6.21. The fourth-order valence-electron chi connectivity index (χ4n) is 4.32. The molecule has 0 nitrogen and oxygen atoms in total. The normalized spacial score (nSPS) is 22.9. The summed E-state index contributed by atoms with van der Waals surface area (Å²) in [7, 11) is 0. The van der Waals surface area contributed by atoms with Crippen LogP contribution in [0.15, 0.2) is 54.6 Å². The number of alkyl halides is 4. The first-order chi connectivity index (χ1) is 12.9. The molecule has 0 aromatic heterocycles. The molecule has 1 saturated carbocycles. The third kappa shape index (κ3) is 5.75. The average molecular weight is 395 g/mol. The molecular formula is C23H26ClF3. The summed E-state index contributed by atoms with van der Waals surface area (Å²) in [5, 5.41) is 0.150. The smallest absolute Gasteiger partial charge is 0.166 e. The third-order valence-electron chi connectivity index (χ3n) is 5.79. The highest BCUT2D eigenvalue weighted by atomic mass is 35.5. The highest BCUT2D eigenvalue weighted by Crippen LogP contribution is 2.41. The number of halogens is 4. The Morgan fingerprint density at radius 1 is 0.852 bits per heavy atom. The van der Waals surface area contributed by atoms with Gasteiger partial charge in [0.25, 0.3) is 0 Å². The molecule has 0 aliphatic heterocycles. The van der Waals surface area contributed by atoms with Crippen molar-refractivity contribution < 1.29 is 13.2 Å². The van der Waals surface area contributed by atoms with Crippen LogP contribution in [-0.2, 0) is 19.0 Å². The van der Waals surface area contributed by atoms with E-state index >= 15 is 0 Å². The van der Waals surface area contributed by atoms with Crippen molar-refractivity contribution in [2.75, 3.05) is 0 Å². The number of hydrogen-bond acceptors (Lipinski definition) is 0. The first kappa shape index (κ1) is 20.3. The van der Waals surface area contributed by atoms with Crippen LogP contribution in [0.4, 0.5) is 13.2 Å². The van der Waals surface area contributed by atoms with Crippen molar-refractivity contribution in [3.8, 4) is 0 Å². The van der Waals surface area contributed by atoms with Gasteiger partial charge in [-0.1, -0.05) is 48.5 Å². The Kier molecular flexibility index (Phi) is 6.86. The molecule has 1 fully saturated rings. The SMILES string of the molecule is FC(F)(F)c1cccc(CC[C@H]2C(Cl)CC[C@@H]2CCCc2ccccc2)c1. The third-order valence-corrected chi connectivity index (χ3v) is 6.33. The summed E-state index contributed by atoms with van der Waals surface area (Å²) in [4.78, 5) is 0. The summed E-state index contributed by atoms with van der Waals surface area (Å²) in [5.41, 5.74) is 1.55. The Balaban J connectivity index is 1.53. The molecule has 0 bridgehead atoms. The lowest BCUT2D eigenvalue weighted by Gasteiger charge is -2.22. The molecule has 0 radical (unpaired) electrons. The lowest BCUT2D eigenvalue weighted by Crippen LogP contribution is -2.16. The molecule has 3 rings (SSSR count). The molecule has 3 atom stereocenters. The fourth-order valence-corrected chi connectivity index (χ4v) is 4.78. The molecule has 146 valence electrons. The predicted molar refractivity (Wildman–Crippen MR) is 105 cm³/mol. The Labute approximate surface area is 164 Å². The Bertz CT molecular complexity index is 711. The largest absolute Gasteiger partial charge is 0.416 e. The van der Waals surface area contributed by atoms with Gasteiger partial charge in [-0.3, -0.25) is 0 Å². The van der Waals surface area contributed by atoms with E-state index in [2.05, 4.69) is 24.3 Å². The van der Waals surface area contributed by atoms with Crippen LogP contribution in [0.5, 0.6) is 0 Å². The molecule has 4 heteroatoms. The maximum Gasteiger partial charge on any atom is 0.416 e. The summed E-state index contributed by atoms with van der Waals surface area (Å²) in [5.74, 6) is 0.985. The van der Waals surface area contributed by atoms with Crippen LogP contribution in [0.1, 0.15) is 48.8 Å². The zero-order valence-electron chi connectivity index (χ0n) is 15.4. The summed E-state index contributed by atoms with van der Waals surface area (Å²) in [6.45, 7) is 0. The Hall–Kier alpha value is -1.48. The van der Waals surface area contributed by atoms with Crippen LogP contribution in [-0.4, -0.2) is 5.38 Å². The van der Waals surface area contributed by atoms with Crippen LogP contribution < -0.4 is 0 Å². The van der Waals surface area contributed by atoms with Gasteiger partial charge in [-0.25, -0.2) is 0 Å². The van der Waals surface area contributed by atoms with Gasteiger partial charge in [-0.2, -0.15) is 13.2 Å². The van der Waals surface area contributed by atoms with Crippen LogP contribution in [0.2, 0.25) is 0 Å².